The van der Waals surface area contributed by atoms with Gasteiger partial charge in [0.1, 0.15) is 0 Å². The maximum Gasteiger partial charge on any atom is 0.411 e. The zero-order valence-electron chi connectivity index (χ0n) is 8.33. The lowest BCUT2D eigenvalue weighted by atomic mass is 10.7. The van der Waals surface area contributed by atoms with E-state index in [1.807, 2.05) is 0 Å². The average Bonchev–Trinajstić information content (AvgIpc) is 2.01. The first-order valence-corrected chi connectivity index (χ1v) is 7.50. The summed E-state index contributed by atoms with van der Waals surface area (Å²) in [5.41, 5.74) is 0. The van der Waals surface area contributed by atoms with Crippen LogP contribution in [0.5, 0.6) is 0 Å². The van der Waals surface area contributed by atoms with Crippen molar-refractivity contribution in [1.29, 1.82) is 0 Å². The summed E-state index contributed by atoms with van der Waals surface area (Å²) in [6.45, 7) is 3.35. The predicted octanol–water partition coefficient (Wildman–Crippen LogP) is -0.406. The molecular weight excluding hydrogens is 250 g/mol. The largest absolute Gasteiger partial charge is 0.479 e. The summed E-state index contributed by atoms with van der Waals surface area (Å²) in [7, 11) is -9.22. The number of nitrogens with zero attached hydrogens (tertiary/aromatic N) is 1. The second kappa shape index (κ2) is 5.28. The first-order chi connectivity index (χ1) is 6.70. The van der Waals surface area contributed by atoms with E-state index in [0.717, 1.165) is 0 Å². The minimum absolute atomic E-state index is 0.00111. The van der Waals surface area contributed by atoms with E-state index < -0.39 is 18.0 Å². The summed E-state index contributed by atoms with van der Waals surface area (Å²) in [6.07, 6.45) is 0.463. The number of ether oxygens (including phenoxy) is 1. The van der Waals surface area contributed by atoms with Crippen LogP contribution in [0.3, 0.4) is 0 Å². The Morgan fingerprint density at radius 3 is 2.20 bits per heavy atom. The number of hydrogen-bond acceptors (Lipinski definition) is 8. The zero-order valence-corrected chi connectivity index (χ0v) is 9.96. The Morgan fingerprint density at radius 1 is 1.27 bits per heavy atom. The molecule has 0 bridgehead atoms. The lowest BCUT2D eigenvalue weighted by Crippen LogP contribution is -2.16. The van der Waals surface area contributed by atoms with Crippen LogP contribution < -0.4 is 0 Å². The van der Waals surface area contributed by atoms with Crippen molar-refractivity contribution < 1.29 is 30.9 Å². The third-order valence-corrected chi connectivity index (χ3v) is 4.36. The molecule has 0 spiro atoms. The van der Waals surface area contributed by atoms with Crippen molar-refractivity contribution in [1.82, 2.24) is 0 Å². The first-order valence-electron chi connectivity index (χ1n) is 3.68. The van der Waals surface area contributed by atoms with Crippen LogP contribution in [-0.4, -0.2) is 35.6 Å². The van der Waals surface area contributed by atoms with Crippen LogP contribution in [0, 0.1) is 0 Å². The van der Waals surface area contributed by atoms with E-state index >= 15 is 0 Å². The van der Waals surface area contributed by atoms with E-state index in [1.165, 1.54) is 6.92 Å². The Morgan fingerprint density at radius 2 is 1.80 bits per heavy atom. The first kappa shape index (κ1) is 14.1. The van der Waals surface area contributed by atoms with Gasteiger partial charge in [0.25, 0.3) is 8.87 Å². The second-order valence-electron chi connectivity index (χ2n) is 2.30. The van der Waals surface area contributed by atoms with Crippen LogP contribution in [-0.2, 0) is 32.1 Å². The van der Waals surface area contributed by atoms with Crippen molar-refractivity contribution in [3.8, 4) is 0 Å². The van der Waals surface area contributed by atoms with E-state index in [2.05, 4.69) is 14.5 Å². The molecule has 0 aromatic rings. The van der Waals surface area contributed by atoms with Gasteiger partial charge in [0.05, 0.1) is 12.9 Å². The molecule has 0 unspecified atom stereocenters. The molecule has 0 N–H and O–H groups in total. The maximum atomic E-state index is 10.7. The van der Waals surface area contributed by atoms with E-state index in [9.17, 15) is 16.8 Å². The second-order valence-corrected chi connectivity index (χ2v) is 7.70. The molecule has 15 heavy (non-hydrogen) atoms. The molecule has 0 atom stereocenters. The van der Waals surface area contributed by atoms with Gasteiger partial charge in [-0.05, 0) is 16.4 Å². The lowest BCUT2D eigenvalue weighted by molar-refractivity contribution is -0.201. The molecule has 10 heteroatoms. The standard InChI is InChI=1S/C5H11NO7S2/c1-4-11-5(2)6-12-13-15(9,10)14(3,7)8/h4H2,1-3H3/b6-5+. The van der Waals surface area contributed by atoms with Crippen LogP contribution in [0.1, 0.15) is 13.8 Å². The lowest BCUT2D eigenvalue weighted by Gasteiger charge is -2.00. The smallest absolute Gasteiger partial charge is 0.411 e. The quantitative estimate of drug-likeness (QED) is 0.218. The molecule has 0 aliphatic heterocycles. The Hall–Kier alpha value is -0.870. The van der Waals surface area contributed by atoms with Crippen LogP contribution in [0.15, 0.2) is 5.16 Å². The summed E-state index contributed by atoms with van der Waals surface area (Å²) in [5, 5.41) is 3.04. The van der Waals surface area contributed by atoms with Gasteiger partial charge in [-0.3, -0.25) is 0 Å². The van der Waals surface area contributed by atoms with Gasteiger partial charge in [0, 0.05) is 6.92 Å². The van der Waals surface area contributed by atoms with Gasteiger partial charge in [0.15, 0.2) is 0 Å². The van der Waals surface area contributed by atoms with Gasteiger partial charge < -0.3 is 4.74 Å². The summed E-state index contributed by atoms with van der Waals surface area (Å²) in [6, 6.07) is 0. The summed E-state index contributed by atoms with van der Waals surface area (Å²) in [5.74, 6) is 0.00111. The highest BCUT2D eigenvalue weighted by Gasteiger charge is 2.27. The third-order valence-electron chi connectivity index (χ3n) is 1.00. The molecule has 0 aliphatic carbocycles. The Balaban J connectivity index is 4.38. The molecule has 8 nitrogen and oxygen atoms in total. The van der Waals surface area contributed by atoms with Gasteiger partial charge in [-0.15, -0.1) is 0 Å². The molecule has 0 amide bonds. The van der Waals surface area contributed by atoms with E-state index in [0.29, 0.717) is 12.9 Å². The molecule has 0 rings (SSSR count). The van der Waals surface area contributed by atoms with Crippen molar-refractivity contribution in [2.45, 2.75) is 13.8 Å². The summed E-state index contributed by atoms with van der Waals surface area (Å²) in [4.78, 5) is 3.84. The van der Waals surface area contributed by atoms with Crippen molar-refractivity contribution in [2.24, 2.45) is 5.16 Å². The zero-order chi connectivity index (χ0) is 12.1. The Labute approximate surface area is 87.2 Å². The SMILES string of the molecule is CCO/C(C)=N/OOS(=O)(=O)S(C)(=O)=O. The van der Waals surface area contributed by atoms with Crippen molar-refractivity contribution in [3.05, 3.63) is 0 Å². The summed E-state index contributed by atoms with van der Waals surface area (Å²) >= 11 is 0. The van der Waals surface area contributed by atoms with Gasteiger partial charge in [-0.1, -0.05) is 0 Å². The van der Waals surface area contributed by atoms with Crippen molar-refractivity contribution in [3.63, 3.8) is 0 Å². The molecule has 0 aliphatic rings. The number of hydrogen-bond donors (Lipinski definition) is 0. The topological polar surface area (TPSA) is 108 Å². The monoisotopic (exact) mass is 261 g/mol. The fourth-order valence-electron chi connectivity index (χ4n) is 0.391. The van der Waals surface area contributed by atoms with Crippen LogP contribution in [0.4, 0.5) is 0 Å². The molecule has 0 fully saturated rings. The van der Waals surface area contributed by atoms with E-state index in [1.54, 1.807) is 6.92 Å². The van der Waals surface area contributed by atoms with E-state index in [-0.39, 0.29) is 5.90 Å². The average molecular weight is 261 g/mol. The fraction of sp³-hybridized carbons (Fsp3) is 0.800. The predicted molar refractivity (Wildman–Crippen MR) is 50.7 cm³/mol. The molecule has 0 saturated carbocycles. The van der Waals surface area contributed by atoms with Crippen molar-refractivity contribution in [2.75, 3.05) is 12.9 Å². The fourth-order valence-corrected chi connectivity index (χ4v) is 0.974. The molecule has 0 aromatic heterocycles. The van der Waals surface area contributed by atoms with Gasteiger partial charge in [-0.2, -0.15) is 13.4 Å². The van der Waals surface area contributed by atoms with Gasteiger partial charge >= 0.3 is 9.15 Å². The molecule has 0 aromatic carbocycles. The Bertz CT molecular complexity index is 420. The highest BCUT2D eigenvalue weighted by Crippen LogP contribution is 2.03. The van der Waals surface area contributed by atoms with Crippen LogP contribution in [0.2, 0.25) is 0 Å². The van der Waals surface area contributed by atoms with Crippen molar-refractivity contribution >= 4 is 23.9 Å². The molecular formula is C5H11NO7S2. The highest BCUT2D eigenvalue weighted by molar-refractivity contribution is 8.65. The summed E-state index contributed by atoms with van der Waals surface area (Å²) < 4.78 is 51.0. The maximum absolute atomic E-state index is 10.7. The molecule has 0 heterocycles. The van der Waals surface area contributed by atoms with Crippen LogP contribution in [0.25, 0.3) is 0 Å². The molecule has 0 radical (unpaired) electrons. The number of oxime groups is 1. The normalized spacial score (nSPS) is 13.7. The van der Waals surface area contributed by atoms with Crippen LogP contribution >= 0.6 is 0 Å². The minimum atomic E-state index is -4.82. The Kier molecular flexibility index (Phi) is 4.97. The molecule has 90 valence electrons. The number of rotatable bonds is 5. The van der Waals surface area contributed by atoms with Gasteiger partial charge in [-0.25, -0.2) is 8.42 Å². The highest BCUT2D eigenvalue weighted by atomic mass is 33.2. The van der Waals surface area contributed by atoms with Gasteiger partial charge in [0.2, 0.25) is 5.90 Å². The van der Waals surface area contributed by atoms with E-state index in [4.69, 9.17) is 4.74 Å². The minimum Gasteiger partial charge on any atom is -0.479 e. The molecule has 0 saturated heterocycles. The third kappa shape index (κ3) is 4.95.